The Balaban J connectivity index is 2.08. The molecule has 1 aliphatic heterocycles. The van der Waals surface area contributed by atoms with E-state index in [1.807, 2.05) is 0 Å². The lowest BCUT2D eigenvalue weighted by Crippen LogP contribution is -2.56. The van der Waals surface area contributed by atoms with Crippen LogP contribution in [0.5, 0.6) is 0 Å². The highest BCUT2D eigenvalue weighted by molar-refractivity contribution is 5.84. The third-order valence-electron chi connectivity index (χ3n) is 3.68. The number of carbonyl (C=O) groups is 1. The average molecular weight is 252 g/mol. The summed E-state index contributed by atoms with van der Waals surface area (Å²) in [5.41, 5.74) is 2.59. The molecule has 0 aromatic heterocycles. The molecule has 2 atom stereocenters. The molecule has 2 fully saturated rings. The standard InChI is InChI=1S/C10H15F3N2O2/c1-8(5-17-4-6(8)14)7(16)15-9(2-3-9)10(11,12)13/h6H,2-5,14H2,1H3,(H,15,16). The van der Waals surface area contributed by atoms with Gasteiger partial charge in [-0.25, -0.2) is 0 Å². The molecule has 0 aromatic rings. The Kier molecular flexibility index (Phi) is 2.66. The van der Waals surface area contributed by atoms with Crippen LogP contribution in [0.15, 0.2) is 0 Å². The smallest absolute Gasteiger partial charge is 0.379 e. The second-order valence-electron chi connectivity index (χ2n) is 5.07. The molecule has 0 bridgehead atoms. The van der Waals surface area contributed by atoms with Crippen molar-refractivity contribution in [2.75, 3.05) is 13.2 Å². The molecule has 1 heterocycles. The summed E-state index contributed by atoms with van der Waals surface area (Å²) in [7, 11) is 0. The van der Waals surface area contributed by atoms with E-state index >= 15 is 0 Å². The number of nitrogens with two attached hydrogens (primary N) is 1. The highest BCUT2D eigenvalue weighted by atomic mass is 19.4. The van der Waals surface area contributed by atoms with Crippen molar-refractivity contribution in [3.63, 3.8) is 0 Å². The lowest BCUT2D eigenvalue weighted by Gasteiger charge is -2.29. The molecule has 1 amide bonds. The van der Waals surface area contributed by atoms with Crippen molar-refractivity contribution in [3.8, 4) is 0 Å². The van der Waals surface area contributed by atoms with E-state index in [1.165, 1.54) is 6.92 Å². The number of hydrogen-bond acceptors (Lipinski definition) is 3. The van der Waals surface area contributed by atoms with Crippen LogP contribution in [0.25, 0.3) is 0 Å². The Labute approximate surface area is 96.7 Å². The summed E-state index contributed by atoms with van der Waals surface area (Å²) in [6.45, 7) is 1.79. The maximum Gasteiger partial charge on any atom is 0.411 e. The van der Waals surface area contributed by atoms with Gasteiger partial charge >= 0.3 is 6.18 Å². The first-order valence-corrected chi connectivity index (χ1v) is 5.44. The molecule has 1 aliphatic carbocycles. The lowest BCUT2D eigenvalue weighted by molar-refractivity contribution is -0.173. The Hall–Kier alpha value is -0.820. The topological polar surface area (TPSA) is 64.3 Å². The van der Waals surface area contributed by atoms with Gasteiger partial charge in [-0.15, -0.1) is 0 Å². The number of alkyl halides is 3. The SMILES string of the molecule is CC1(C(=O)NC2(C(F)(F)F)CC2)COCC1N. The maximum atomic E-state index is 12.7. The van der Waals surface area contributed by atoms with Gasteiger partial charge < -0.3 is 15.8 Å². The van der Waals surface area contributed by atoms with E-state index in [0.29, 0.717) is 0 Å². The molecule has 2 unspecified atom stereocenters. The Morgan fingerprint density at radius 1 is 1.47 bits per heavy atom. The fourth-order valence-electron chi connectivity index (χ4n) is 1.89. The quantitative estimate of drug-likeness (QED) is 0.754. The minimum absolute atomic E-state index is 0.0611. The van der Waals surface area contributed by atoms with Crippen molar-refractivity contribution >= 4 is 5.91 Å². The van der Waals surface area contributed by atoms with E-state index in [4.69, 9.17) is 10.5 Å². The fourth-order valence-corrected chi connectivity index (χ4v) is 1.89. The predicted octanol–water partition coefficient (Wildman–Crippen LogP) is 0.561. The van der Waals surface area contributed by atoms with Crippen molar-refractivity contribution < 1.29 is 22.7 Å². The molecule has 4 nitrogen and oxygen atoms in total. The fraction of sp³-hybridized carbons (Fsp3) is 0.900. The largest absolute Gasteiger partial charge is 0.411 e. The van der Waals surface area contributed by atoms with Gasteiger partial charge in [0.05, 0.1) is 18.6 Å². The summed E-state index contributed by atoms with van der Waals surface area (Å²) in [6.07, 6.45) is -4.52. The van der Waals surface area contributed by atoms with Crippen LogP contribution >= 0.6 is 0 Å². The summed E-state index contributed by atoms with van der Waals surface area (Å²) in [4.78, 5) is 11.9. The van der Waals surface area contributed by atoms with Crippen LogP contribution < -0.4 is 11.1 Å². The molecular weight excluding hydrogens is 237 g/mol. The number of hydrogen-bond donors (Lipinski definition) is 2. The van der Waals surface area contributed by atoms with Gasteiger partial charge in [0.15, 0.2) is 0 Å². The van der Waals surface area contributed by atoms with Crippen LogP contribution in [0.3, 0.4) is 0 Å². The van der Waals surface area contributed by atoms with Crippen molar-refractivity contribution in [1.29, 1.82) is 0 Å². The number of rotatable bonds is 2. The monoisotopic (exact) mass is 252 g/mol. The third kappa shape index (κ3) is 1.91. The van der Waals surface area contributed by atoms with E-state index in [0.717, 1.165) is 0 Å². The summed E-state index contributed by atoms with van der Waals surface area (Å²) in [5.74, 6) is -0.669. The molecular formula is C10H15F3N2O2. The molecule has 1 saturated heterocycles. The molecule has 1 saturated carbocycles. The van der Waals surface area contributed by atoms with Crippen LogP contribution in [0, 0.1) is 5.41 Å². The molecule has 7 heteroatoms. The number of amides is 1. The zero-order valence-electron chi connectivity index (χ0n) is 9.43. The first kappa shape index (κ1) is 12.6. The molecule has 0 radical (unpaired) electrons. The second-order valence-corrected chi connectivity index (χ2v) is 5.07. The molecule has 0 spiro atoms. The number of halogens is 3. The number of nitrogens with one attached hydrogen (secondary N) is 1. The van der Waals surface area contributed by atoms with E-state index in [2.05, 4.69) is 5.32 Å². The first-order chi connectivity index (χ1) is 7.71. The third-order valence-corrected chi connectivity index (χ3v) is 3.68. The van der Waals surface area contributed by atoms with Gasteiger partial charge in [-0.05, 0) is 19.8 Å². The predicted molar refractivity (Wildman–Crippen MR) is 53.1 cm³/mol. The van der Waals surface area contributed by atoms with Gasteiger partial charge in [-0.1, -0.05) is 0 Å². The zero-order valence-corrected chi connectivity index (χ0v) is 9.43. The van der Waals surface area contributed by atoms with Gasteiger partial charge in [0.1, 0.15) is 5.54 Å². The van der Waals surface area contributed by atoms with Crippen molar-refractivity contribution in [1.82, 2.24) is 5.32 Å². The molecule has 2 aliphatic rings. The van der Waals surface area contributed by atoms with Crippen LogP contribution in [0.2, 0.25) is 0 Å². The van der Waals surface area contributed by atoms with Gasteiger partial charge in [-0.3, -0.25) is 4.79 Å². The van der Waals surface area contributed by atoms with E-state index < -0.39 is 29.1 Å². The van der Waals surface area contributed by atoms with E-state index in [-0.39, 0.29) is 26.1 Å². The van der Waals surface area contributed by atoms with Crippen LogP contribution in [-0.4, -0.2) is 36.9 Å². The molecule has 0 aromatic carbocycles. The zero-order chi connectivity index (χ0) is 12.9. The molecule has 2 rings (SSSR count). The van der Waals surface area contributed by atoms with Gasteiger partial charge in [0.2, 0.25) is 5.91 Å². The summed E-state index contributed by atoms with van der Waals surface area (Å²) < 4.78 is 43.1. The first-order valence-electron chi connectivity index (χ1n) is 5.44. The molecule has 3 N–H and O–H groups in total. The molecule has 98 valence electrons. The second kappa shape index (κ2) is 3.58. The Morgan fingerprint density at radius 2 is 2.06 bits per heavy atom. The Bertz CT molecular complexity index is 341. The summed E-state index contributed by atoms with van der Waals surface area (Å²) >= 11 is 0. The summed E-state index contributed by atoms with van der Waals surface area (Å²) in [5, 5.41) is 2.10. The van der Waals surface area contributed by atoms with Gasteiger partial charge in [-0.2, -0.15) is 13.2 Å². The van der Waals surface area contributed by atoms with Crippen LogP contribution in [0.4, 0.5) is 13.2 Å². The minimum Gasteiger partial charge on any atom is -0.379 e. The highest BCUT2D eigenvalue weighted by Gasteiger charge is 2.65. The highest BCUT2D eigenvalue weighted by Crippen LogP contribution is 2.49. The van der Waals surface area contributed by atoms with Gasteiger partial charge in [0.25, 0.3) is 0 Å². The van der Waals surface area contributed by atoms with Crippen LogP contribution in [-0.2, 0) is 9.53 Å². The van der Waals surface area contributed by atoms with Crippen LogP contribution in [0.1, 0.15) is 19.8 Å². The number of carbonyl (C=O) groups excluding carboxylic acids is 1. The molecule has 17 heavy (non-hydrogen) atoms. The van der Waals surface area contributed by atoms with E-state index in [1.54, 1.807) is 0 Å². The normalized spacial score (nSPS) is 35.7. The average Bonchev–Trinajstić information content (AvgIpc) is 2.90. The summed E-state index contributed by atoms with van der Waals surface area (Å²) in [6, 6.07) is -0.563. The lowest BCUT2D eigenvalue weighted by atomic mass is 9.84. The maximum absolute atomic E-state index is 12.7. The number of ether oxygens (including phenoxy) is 1. The van der Waals surface area contributed by atoms with Crippen molar-refractivity contribution in [2.24, 2.45) is 11.1 Å². The minimum atomic E-state index is -4.40. The van der Waals surface area contributed by atoms with Crippen molar-refractivity contribution in [3.05, 3.63) is 0 Å². The van der Waals surface area contributed by atoms with Gasteiger partial charge in [0, 0.05) is 6.04 Å². The van der Waals surface area contributed by atoms with E-state index in [9.17, 15) is 18.0 Å². The Morgan fingerprint density at radius 3 is 2.41 bits per heavy atom. The van der Waals surface area contributed by atoms with Crippen molar-refractivity contribution in [2.45, 2.75) is 37.5 Å².